The molecule has 0 heterocycles. The van der Waals surface area contributed by atoms with E-state index >= 15 is 0 Å². The fraction of sp³-hybridized carbons (Fsp3) is 0.683. The summed E-state index contributed by atoms with van der Waals surface area (Å²) in [4.78, 5) is 36.1. The van der Waals surface area contributed by atoms with Crippen molar-refractivity contribution in [3.8, 4) is 0 Å². The maximum atomic E-state index is 12.6. The molecule has 0 saturated heterocycles. The second-order valence-electron chi connectivity index (χ2n) is 12.6. The van der Waals surface area contributed by atoms with E-state index < -0.39 is 12.0 Å². The Morgan fingerprint density at radius 2 is 1.15 bits per heavy atom. The van der Waals surface area contributed by atoms with E-state index in [1.165, 1.54) is 32.1 Å². The first-order valence-electron chi connectivity index (χ1n) is 19.1. The zero-order valence-electron chi connectivity index (χ0n) is 30.6. The smallest absolute Gasteiger partial charge is 0.326 e. The van der Waals surface area contributed by atoms with Gasteiger partial charge in [-0.05, 0) is 96.4 Å². The Morgan fingerprint density at radius 3 is 1.69 bits per heavy atom. The zero-order chi connectivity index (χ0) is 35.3. The van der Waals surface area contributed by atoms with E-state index in [0.29, 0.717) is 38.6 Å². The molecule has 0 aliphatic carbocycles. The first-order chi connectivity index (χ1) is 23.4. The number of allylic oxidation sites excluding steroid dienone is 10. The fourth-order valence-corrected chi connectivity index (χ4v) is 5.25. The molecule has 0 rings (SSSR count). The summed E-state index contributed by atoms with van der Waals surface area (Å²) in [5.41, 5.74) is 5.47. The monoisotopic (exact) mass is 671 g/mol. The lowest BCUT2D eigenvalue weighted by atomic mass is 10.0. The maximum Gasteiger partial charge on any atom is 0.326 e. The molecule has 0 radical (unpaired) electrons. The molecule has 0 aromatic heterocycles. The summed E-state index contributed by atoms with van der Waals surface area (Å²) >= 11 is 0. The molecule has 1 amide bonds. The van der Waals surface area contributed by atoms with Crippen molar-refractivity contribution in [3.05, 3.63) is 60.8 Å². The Kier molecular flexibility index (Phi) is 33.2. The van der Waals surface area contributed by atoms with Crippen molar-refractivity contribution in [1.82, 2.24) is 5.32 Å². The molecule has 2 unspecified atom stereocenters. The van der Waals surface area contributed by atoms with Crippen LogP contribution in [0.2, 0.25) is 0 Å². The van der Waals surface area contributed by atoms with Crippen molar-refractivity contribution < 1.29 is 24.2 Å². The third-order valence-electron chi connectivity index (χ3n) is 8.10. The number of aliphatic carboxylic acids is 1. The number of carboxylic acids is 1. The summed E-state index contributed by atoms with van der Waals surface area (Å²) in [6, 6.07) is -0.870. The molecule has 0 aromatic carbocycles. The average Bonchev–Trinajstić information content (AvgIpc) is 3.07. The Morgan fingerprint density at radius 1 is 0.625 bits per heavy atom. The Bertz CT molecular complexity index is 937. The summed E-state index contributed by atoms with van der Waals surface area (Å²) in [6.45, 7) is 4.77. The third-order valence-corrected chi connectivity index (χ3v) is 8.10. The lowest BCUT2D eigenvalue weighted by Gasteiger charge is -2.18. The van der Waals surface area contributed by atoms with E-state index in [1.807, 2.05) is 0 Å². The molecule has 0 aliphatic rings. The predicted octanol–water partition coefficient (Wildman–Crippen LogP) is 10.2. The van der Waals surface area contributed by atoms with E-state index in [0.717, 1.165) is 83.5 Å². The topological polar surface area (TPSA) is 119 Å². The van der Waals surface area contributed by atoms with Gasteiger partial charge in [0.25, 0.3) is 0 Å². The number of hydrogen-bond acceptors (Lipinski definition) is 5. The lowest BCUT2D eigenvalue weighted by Crippen LogP contribution is -2.40. The average molecular weight is 671 g/mol. The molecule has 7 nitrogen and oxygen atoms in total. The van der Waals surface area contributed by atoms with Crippen LogP contribution in [-0.4, -0.2) is 41.6 Å². The number of hydrogen-bond donors (Lipinski definition) is 3. The number of rotatable bonds is 33. The van der Waals surface area contributed by atoms with Crippen LogP contribution in [0, 0.1) is 0 Å². The number of carbonyl (C=O) groups excluding carboxylic acids is 2. The molecule has 0 bridgehead atoms. The van der Waals surface area contributed by atoms with E-state index in [1.54, 1.807) is 0 Å². The third kappa shape index (κ3) is 31.7. The van der Waals surface area contributed by atoms with Gasteiger partial charge in [-0.2, -0.15) is 0 Å². The number of nitrogens with one attached hydrogen (secondary N) is 1. The van der Waals surface area contributed by atoms with Crippen LogP contribution in [0.25, 0.3) is 0 Å². The number of carbonyl (C=O) groups is 3. The van der Waals surface area contributed by atoms with Gasteiger partial charge in [0.05, 0.1) is 0 Å². The van der Waals surface area contributed by atoms with Gasteiger partial charge >= 0.3 is 11.9 Å². The highest BCUT2D eigenvalue weighted by Crippen LogP contribution is 2.18. The molecule has 0 aromatic rings. The second-order valence-corrected chi connectivity index (χ2v) is 12.6. The molecule has 7 heteroatoms. The first-order valence-corrected chi connectivity index (χ1v) is 19.1. The fourth-order valence-electron chi connectivity index (χ4n) is 5.25. The Labute approximate surface area is 293 Å². The summed E-state index contributed by atoms with van der Waals surface area (Å²) in [5, 5.41) is 11.9. The molecule has 0 saturated carbocycles. The normalized spacial score (nSPS) is 13.4. The number of carboxylic acid groups (broad SMARTS) is 1. The maximum absolute atomic E-state index is 12.6. The van der Waals surface area contributed by atoms with Gasteiger partial charge in [-0.25, -0.2) is 4.79 Å². The molecule has 2 atom stereocenters. The number of unbranched alkanes of at least 4 members (excludes halogenated alkanes) is 9. The molecule has 0 fully saturated rings. The summed E-state index contributed by atoms with van der Waals surface area (Å²) in [7, 11) is 0. The molecular formula is C41H70N2O5. The van der Waals surface area contributed by atoms with E-state index in [4.69, 9.17) is 10.5 Å². The molecule has 48 heavy (non-hydrogen) atoms. The Balaban J connectivity index is 4.30. The van der Waals surface area contributed by atoms with Crippen LogP contribution in [-0.2, 0) is 19.1 Å². The lowest BCUT2D eigenvalue weighted by molar-refractivity contribution is -0.150. The van der Waals surface area contributed by atoms with E-state index in [2.05, 4.69) is 79.9 Å². The van der Waals surface area contributed by atoms with Gasteiger partial charge < -0.3 is 20.9 Å². The van der Waals surface area contributed by atoms with Crippen LogP contribution in [0.1, 0.15) is 162 Å². The standard InChI is InChI=1S/C41H70N2O5/c1-3-5-7-9-11-12-13-14-15-16-17-18-19-20-21-23-29-35-40(45)48-37(31-26-22-10-8-6-4-2)32-27-24-25-28-34-39(44)43-38(41(46)47)33-30-36-42/h5,7,11-12,14-15,17-18,20-21,37-38H,3-4,6,8-10,13,16,19,22-36,42H2,1-2H3,(H,43,44)(H,46,47)/b7-5-,12-11-,15-14-,18-17-,21-20-. The zero-order valence-corrected chi connectivity index (χ0v) is 30.6. The quantitative estimate of drug-likeness (QED) is 0.0363. The number of nitrogens with two attached hydrogens (primary N) is 1. The van der Waals surface area contributed by atoms with Crippen molar-refractivity contribution in [2.75, 3.05) is 6.54 Å². The molecule has 4 N–H and O–H groups in total. The molecular weight excluding hydrogens is 600 g/mol. The van der Waals surface area contributed by atoms with Crippen molar-refractivity contribution in [2.45, 2.75) is 174 Å². The summed E-state index contributed by atoms with van der Waals surface area (Å²) in [6.07, 6.45) is 42.7. The molecule has 274 valence electrons. The van der Waals surface area contributed by atoms with Gasteiger partial charge in [0.1, 0.15) is 12.1 Å². The van der Waals surface area contributed by atoms with Gasteiger partial charge in [0.2, 0.25) is 5.91 Å². The van der Waals surface area contributed by atoms with Gasteiger partial charge in [0, 0.05) is 12.8 Å². The summed E-state index contributed by atoms with van der Waals surface area (Å²) < 4.78 is 5.93. The van der Waals surface area contributed by atoms with Crippen LogP contribution < -0.4 is 11.1 Å². The summed E-state index contributed by atoms with van der Waals surface area (Å²) in [5.74, 6) is -1.34. The number of ether oxygens (including phenoxy) is 1. The largest absolute Gasteiger partial charge is 0.480 e. The molecule has 0 aliphatic heterocycles. The highest BCUT2D eigenvalue weighted by Gasteiger charge is 2.19. The minimum atomic E-state index is -1.02. The van der Waals surface area contributed by atoms with Crippen molar-refractivity contribution in [2.24, 2.45) is 5.73 Å². The SMILES string of the molecule is CC/C=C\C/C=C\C/C=C\C/C=C\C/C=C\CCCC(=O)OC(CCCCCCCC)CCCCCCC(=O)NC(CCCN)C(=O)O. The minimum absolute atomic E-state index is 0.0421. The van der Waals surface area contributed by atoms with Crippen molar-refractivity contribution in [1.29, 1.82) is 0 Å². The van der Waals surface area contributed by atoms with Gasteiger partial charge in [0.15, 0.2) is 0 Å². The van der Waals surface area contributed by atoms with Gasteiger partial charge in [-0.1, -0.05) is 120 Å². The molecule has 0 spiro atoms. The number of esters is 1. The predicted molar refractivity (Wildman–Crippen MR) is 202 cm³/mol. The van der Waals surface area contributed by atoms with Crippen LogP contribution in [0.4, 0.5) is 0 Å². The van der Waals surface area contributed by atoms with Crippen LogP contribution in [0.5, 0.6) is 0 Å². The first kappa shape index (κ1) is 45.1. The van der Waals surface area contributed by atoms with Crippen LogP contribution in [0.3, 0.4) is 0 Å². The van der Waals surface area contributed by atoms with Gasteiger partial charge in [-0.3, -0.25) is 9.59 Å². The highest BCUT2D eigenvalue weighted by molar-refractivity contribution is 5.83. The van der Waals surface area contributed by atoms with Crippen molar-refractivity contribution in [3.63, 3.8) is 0 Å². The minimum Gasteiger partial charge on any atom is -0.480 e. The van der Waals surface area contributed by atoms with Gasteiger partial charge in [-0.15, -0.1) is 0 Å². The Hall–Kier alpha value is -2.93. The van der Waals surface area contributed by atoms with Crippen LogP contribution >= 0.6 is 0 Å². The second kappa shape index (κ2) is 35.4. The van der Waals surface area contributed by atoms with Crippen molar-refractivity contribution >= 4 is 17.8 Å². The number of amides is 1. The van der Waals surface area contributed by atoms with Crippen LogP contribution in [0.15, 0.2) is 60.8 Å². The van der Waals surface area contributed by atoms with E-state index in [9.17, 15) is 19.5 Å². The van der Waals surface area contributed by atoms with E-state index in [-0.39, 0.29) is 18.0 Å². The highest BCUT2D eigenvalue weighted by atomic mass is 16.5.